The summed E-state index contributed by atoms with van der Waals surface area (Å²) >= 11 is 0. The average molecular weight is 286 g/mol. The Labute approximate surface area is 123 Å². The molecule has 1 aromatic carbocycles. The van der Waals surface area contributed by atoms with Crippen LogP contribution >= 0.6 is 0 Å². The number of amides is 1. The molecule has 110 valence electrons. The van der Waals surface area contributed by atoms with Crippen LogP contribution in [0.5, 0.6) is 11.8 Å². The van der Waals surface area contributed by atoms with E-state index in [0.29, 0.717) is 17.9 Å². The highest BCUT2D eigenvalue weighted by Gasteiger charge is 2.10. The second-order valence-corrected chi connectivity index (χ2v) is 4.51. The first-order chi connectivity index (χ1) is 10.2. The average Bonchev–Trinajstić information content (AvgIpc) is 2.50. The summed E-state index contributed by atoms with van der Waals surface area (Å²) in [6.07, 6.45) is 4.46. The number of carbonyl (C=O) groups is 1. The maximum absolute atomic E-state index is 11.3. The van der Waals surface area contributed by atoms with Crippen molar-refractivity contribution >= 4 is 5.91 Å². The molecule has 2 rings (SSSR count). The second-order valence-electron chi connectivity index (χ2n) is 4.51. The highest BCUT2D eigenvalue weighted by atomic mass is 16.5. The Bertz CT molecular complexity index is 599. The van der Waals surface area contributed by atoms with Gasteiger partial charge in [0.05, 0.1) is 5.56 Å². The molecule has 3 N–H and O–H groups in total. The van der Waals surface area contributed by atoms with E-state index in [1.807, 2.05) is 0 Å². The van der Waals surface area contributed by atoms with E-state index in [1.165, 1.54) is 0 Å². The fourth-order valence-corrected chi connectivity index (χ4v) is 1.75. The van der Waals surface area contributed by atoms with Gasteiger partial charge in [0.2, 0.25) is 0 Å². The largest absolute Gasteiger partial charge is 0.423 e. The van der Waals surface area contributed by atoms with Gasteiger partial charge < -0.3 is 15.8 Å². The SMILES string of the molecule is CCCNCc1cnc(Oc2ccccc2C(N)=O)nc1. The number of nitrogens with one attached hydrogen (secondary N) is 1. The van der Waals surface area contributed by atoms with E-state index < -0.39 is 5.91 Å². The normalized spacial score (nSPS) is 10.3. The lowest BCUT2D eigenvalue weighted by atomic mass is 10.2. The third-order valence-corrected chi connectivity index (χ3v) is 2.79. The number of aromatic nitrogens is 2. The van der Waals surface area contributed by atoms with E-state index in [0.717, 1.165) is 18.5 Å². The Morgan fingerprint density at radius 3 is 2.67 bits per heavy atom. The zero-order chi connectivity index (χ0) is 15.1. The van der Waals surface area contributed by atoms with Crippen molar-refractivity contribution in [3.63, 3.8) is 0 Å². The number of hydrogen-bond donors (Lipinski definition) is 2. The molecule has 0 aliphatic heterocycles. The smallest absolute Gasteiger partial charge is 0.321 e. The molecule has 0 atom stereocenters. The number of benzene rings is 1. The minimum absolute atomic E-state index is 0.183. The summed E-state index contributed by atoms with van der Waals surface area (Å²) < 4.78 is 5.51. The molecular weight excluding hydrogens is 268 g/mol. The number of carbonyl (C=O) groups excluding carboxylic acids is 1. The van der Waals surface area contributed by atoms with Crippen LogP contribution in [-0.4, -0.2) is 22.4 Å². The molecule has 6 heteroatoms. The predicted molar refractivity (Wildman–Crippen MR) is 79.1 cm³/mol. The Balaban J connectivity index is 2.05. The van der Waals surface area contributed by atoms with Crippen molar-refractivity contribution in [3.05, 3.63) is 47.8 Å². The Kier molecular flexibility index (Phi) is 5.22. The van der Waals surface area contributed by atoms with Crippen molar-refractivity contribution in [2.75, 3.05) is 6.54 Å². The summed E-state index contributed by atoms with van der Waals surface area (Å²) in [5, 5.41) is 3.26. The van der Waals surface area contributed by atoms with Gasteiger partial charge >= 0.3 is 6.01 Å². The van der Waals surface area contributed by atoms with Gasteiger partial charge in [-0.05, 0) is 25.1 Å². The molecule has 0 fully saturated rings. The Morgan fingerprint density at radius 2 is 2.00 bits per heavy atom. The first kappa shape index (κ1) is 14.9. The van der Waals surface area contributed by atoms with Gasteiger partial charge in [-0.25, -0.2) is 9.97 Å². The van der Waals surface area contributed by atoms with Crippen LogP contribution < -0.4 is 15.8 Å². The van der Waals surface area contributed by atoms with Crippen molar-refractivity contribution in [1.29, 1.82) is 0 Å². The summed E-state index contributed by atoms with van der Waals surface area (Å²) in [6, 6.07) is 6.91. The van der Waals surface area contributed by atoms with Crippen molar-refractivity contribution in [1.82, 2.24) is 15.3 Å². The summed E-state index contributed by atoms with van der Waals surface area (Å²) in [5.41, 5.74) is 6.56. The lowest BCUT2D eigenvalue weighted by Gasteiger charge is -2.08. The molecule has 0 aliphatic rings. The maximum Gasteiger partial charge on any atom is 0.321 e. The molecule has 1 aromatic heterocycles. The van der Waals surface area contributed by atoms with Crippen LogP contribution in [0.4, 0.5) is 0 Å². The number of ether oxygens (including phenoxy) is 1. The fraction of sp³-hybridized carbons (Fsp3) is 0.267. The van der Waals surface area contributed by atoms with Gasteiger partial charge in [-0.3, -0.25) is 4.79 Å². The van der Waals surface area contributed by atoms with Crippen LogP contribution in [0.1, 0.15) is 29.3 Å². The Morgan fingerprint density at radius 1 is 1.29 bits per heavy atom. The molecule has 0 saturated heterocycles. The van der Waals surface area contributed by atoms with Crippen molar-refractivity contribution < 1.29 is 9.53 Å². The molecule has 2 aromatic rings. The van der Waals surface area contributed by atoms with Gasteiger partial charge in [0, 0.05) is 24.5 Å². The first-order valence-corrected chi connectivity index (χ1v) is 6.79. The van der Waals surface area contributed by atoms with Gasteiger partial charge in [0.1, 0.15) is 5.75 Å². The molecule has 0 saturated carbocycles. The number of primary amides is 1. The summed E-state index contributed by atoms with van der Waals surface area (Å²) in [7, 11) is 0. The molecule has 0 bridgehead atoms. The molecule has 21 heavy (non-hydrogen) atoms. The van der Waals surface area contributed by atoms with Gasteiger partial charge in [0.15, 0.2) is 0 Å². The molecule has 0 spiro atoms. The Hall–Kier alpha value is -2.47. The molecule has 0 aliphatic carbocycles. The highest BCUT2D eigenvalue weighted by Crippen LogP contribution is 2.22. The number of nitrogens with two attached hydrogens (primary N) is 1. The highest BCUT2D eigenvalue weighted by molar-refractivity contribution is 5.95. The predicted octanol–water partition coefficient (Wildman–Crippen LogP) is 1.87. The van der Waals surface area contributed by atoms with Crippen LogP contribution in [0.3, 0.4) is 0 Å². The fourth-order valence-electron chi connectivity index (χ4n) is 1.75. The lowest BCUT2D eigenvalue weighted by Crippen LogP contribution is -2.14. The van der Waals surface area contributed by atoms with Gasteiger partial charge in [-0.15, -0.1) is 0 Å². The van der Waals surface area contributed by atoms with Gasteiger partial charge in [-0.1, -0.05) is 19.1 Å². The molecule has 0 radical (unpaired) electrons. The monoisotopic (exact) mass is 286 g/mol. The van der Waals surface area contributed by atoms with Crippen LogP contribution in [0.2, 0.25) is 0 Å². The molecule has 6 nitrogen and oxygen atoms in total. The summed E-state index contributed by atoms with van der Waals surface area (Å²) in [5.74, 6) is -0.201. The van der Waals surface area contributed by atoms with Crippen LogP contribution in [0, 0.1) is 0 Å². The minimum atomic E-state index is -0.550. The zero-order valence-electron chi connectivity index (χ0n) is 11.9. The van der Waals surface area contributed by atoms with Gasteiger partial charge in [-0.2, -0.15) is 0 Å². The maximum atomic E-state index is 11.3. The summed E-state index contributed by atoms with van der Waals surface area (Å²) in [4.78, 5) is 19.6. The van der Waals surface area contributed by atoms with Crippen LogP contribution in [0.15, 0.2) is 36.7 Å². The van der Waals surface area contributed by atoms with E-state index in [2.05, 4.69) is 22.2 Å². The summed E-state index contributed by atoms with van der Waals surface area (Å²) in [6.45, 7) is 3.77. The van der Waals surface area contributed by atoms with E-state index in [1.54, 1.807) is 36.7 Å². The third kappa shape index (κ3) is 4.25. The number of nitrogens with zero attached hydrogens (tertiary/aromatic N) is 2. The standard InChI is InChI=1S/C15H18N4O2/c1-2-7-17-8-11-9-18-15(19-10-11)21-13-6-4-3-5-12(13)14(16)20/h3-6,9-10,17H,2,7-8H2,1H3,(H2,16,20). The molecular formula is C15H18N4O2. The number of para-hydroxylation sites is 1. The van der Waals surface area contributed by atoms with Gasteiger partial charge in [0.25, 0.3) is 5.91 Å². The van der Waals surface area contributed by atoms with Crippen LogP contribution in [-0.2, 0) is 6.54 Å². The molecule has 1 amide bonds. The lowest BCUT2D eigenvalue weighted by molar-refractivity contribution is 0.0998. The first-order valence-electron chi connectivity index (χ1n) is 6.79. The van der Waals surface area contributed by atoms with E-state index in [-0.39, 0.29) is 6.01 Å². The molecule has 0 unspecified atom stereocenters. The minimum Gasteiger partial charge on any atom is -0.423 e. The topological polar surface area (TPSA) is 90.1 Å². The number of hydrogen-bond acceptors (Lipinski definition) is 5. The van der Waals surface area contributed by atoms with E-state index >= 15 is 0 Å². The van der Waals surface area contributed by atoms with Crippen molar-refractivity contribution in [3.8, 4) is 11.8 Å². The van der Waals surface area contributed by atoms with E-state index in [4.69, 9.17) is 10.5 Å². The van der Waals surface area contributed by atoms with Crippen LogP contribution in [0.25, 0.3) is 0 Å². The van der Waals surface area contributed by atoms with Crippen molar-refractivity contribution in [2.24, 2.45) is 5.73 Å². The third-order valence-electron chi connectivity index (χ3n) is 2.79. The van der Waals surface area contributed by atoms with E-state index in [9.17, 15) is 4.79 Å². The number of rotatable bonds is 7. The second kappa shape index (κ2) is 7.35. The quantitative estimate of drug-likeness (QED) is 0.758. The van der Waals surface area contributed by atoms with Crippen molar-refractivity contribution in [2.45, 2.75) is 19.9 Å². The zero-order valence-corrected chi connectivity index (χ0v) is 11.9. The molecule has 1 heterocycles.